The molecule has 2 saturated carbocycles. The van der Waals surface area contributed by atoms with Crippen LogP contribution in [0.2, 0.25) is 0 Å². The van der Waals surface area contributed by atoms with E-state index >= 15 is 0 Å². The van der Waals surface area contributed by atoms with Gasteiger partial charge in [0.1, 0.15) is 6.61 Å². The van der Waals surface area contributed by atoms with Crippen LogP contribution in [0.1, 0.15) is 17.5 Å². The monoisotopic (exact) mass is 473 g/mol. The number of methoxy groups -OCH3 is 1. The first-order chi connectivity index (χ1) is 17.0. The van der Waals surface area contributed by atoms with Crippen molar-refractivity contribution in [3.63, 3.8) is 0 Å². The van der Waals surface area contributed by atoms with Crippen molar-refractivity contribution in [3.05, 3.63) is 75.9 Å². The molecule has 0 spiro atoms. The third kappa shape index (κ3) is 3.50. The summed E-state index contributed by atoms with van der Waals surface area (Å²) in [5.41, 5.74) is 1.45. The Kier molecular flexibility index (Phi) is 4.94. The van der Waals surface area contributed by atoms with Crippen LogP contribution in [0.3, 0.4) is 0 Å². The van der Waals surface area contributed by atoms with Crippen molar-refractivity contribution in [1.82, 2.24) is 5.01 Å². The number of hydrogen-bond donors (Lipinski definition) is 0. The Bertz CT molecular complexity index is 1250. The highest BCUT2D eigenvalue weighted by atomic mass is 16.6. The molecule has 0 N–H and O–H groups in total. The number of hydrogen-bond acceptors (Lipinski definition) is 7. The minimum absolute atomic E-state index is 0.0184. The number of carbonyl (C=O) groups excluding carboxylic acids is 2. The van der Waals surface area contributed by atoms with Gasteiger partial charge in [-0.05, 0) is 71.6 Å². The summed E-state index contributed by atoms with van der Waals surface area (Å²) in [5, 5.41) is 16.1. The molecule has 1 aliphatic heterocycles. The number of nitrogens with zero attached hydrogens (tertiary/aromatic N) is 3. The van der Waals surface area contributed by atoms with Crippen molar-refractivity contribution in [2.24, 2.45) is 40.6 Å². The lowest BCUT2D eigenvalue weighted by atomic mass is 9.63. The van der Waals surface area contributed by atoms with E-state index in [4.69, 9.17) is 9.47 Å². The van der Waals surface area contributed by atoms with Crippen LogP contribution in [0.5, 0.6) is 11.5 Å². The van der Waals surface area contributed by atoms with Crippen LogP contribution >= 0.6 is 0 Å². The minimum atomic E-state index is -0.450. The Labute approximate surface area is 201 Å². The molecule has 0 unspecified atom stereocenters. The summed E-state index contributed by atoms with van der Waals surface area (Å²) >= 11 is 0. The number of imide groups is 1. The van der Waals surface area contributed by atoms with Gasteiger partial charge in [-0.2, -0.15) is 10.1 Å². The molecule has 3 fully saturated rings. The second kappa shape index (κ2) is 8.04. The van der Waals surface area contributed by atoms with Crippen molar-refractivity contribution < 1.29 is 24.0 Å². The van der Waals surface area contributed by atoms with Gasteiger partial charge in [-0.3, -0.25) is 19.7 Å². The van der Waals surface area contributed by atoms with E-state index in [1.165, 1.54) is 25.5 Å². The van der Waals surface area contributed by atoms with E-state index in [1.54, 1.807) is 30.3 Å². The average Bonchev–Trinajstić information content (AvgIpc) is 3.66. The molecule has 2 amide bonds. The molecule has 0 radical (unpaired) electrons. The Morgan fingerprint density at radius 3 is 2.29 bits per heavy atom. The van der Waals surface area contributed by atoms with Gasteiger partial charge < -0.3 is 9.47 Å². The highest BCUT2D eigenvalue weighted by Gasteiger charge is 2.67. The van der Waals surface area contributed by atoms with E-state index in [0.717, 1.165) is 17.0 Å². The number of non-ortho nitro benzene ring substituents is 1. The van der Waals surface area contributed by atoms with Gasteiger partial charge in [-0.25, -0.2) is 0 Å². The van der Waals surface area contributed by atoms with Gasteiger partial charge in [0.25, 0.3) is 17.5 Å². The molecule has 178 valence electrons. The maximum Gasteiger partial charge on any atom is 0.269 e. The molecule has 4 aliphatic carbocycles. The van der Waals surface area contributed by atoms with Gasteiger partial charge in [0.05, 0.1) is 30.1 Å². The first kappa shape index (κ1) is 21.5. The lowest BCUT2D eigenvalue weighted by Gasteiger charge is -2.37. The normalized spacial score (nSPS) is 29.9. The summed E-state index contributed by atoms with van der Waals surface area (Å²) in [5.74, 6) is 1.44. The zero-order valence-corrected chi connectivity index (χ0v) is 18.9. The molecule has 1 heterocycles. The number of ether oxygens (including phenoxy) is 2. The number of rotatable bonds is 7. The molecule has 2 aromatic carbocycles. The van der Waals surface area contributed by atoms with E-state index < -0.39 is 4.92 Å². The zero-order chi connectivity index (χ0) is 24.3. The molecule has 9 heteroatoms. The molecule has 1 saturated heterocycles. The fraction of sp³-hybridized carbons (Fsp3) is 0.346. The smallest absolute Gasteiger partial charge is 0.269 e. The number of allylic oxidation sites excluding steroid dienone is 2. The molecule has 2 bridgehead atoms. The van der Waals surface area contributed by atoms with E-state index in [2.05, 4.69) is 17.3 Å². The van der Waals surface area contributed by atoms with E-state index in [1.807, 2.05) is 0 Å². The number of nitro benzene ring substituents is 1. The topological polar surface area (TPSA) is 111 Å². The van der Waals surface area contributed by atoms with Crippen LogP contribution in [-0.4, -0.2) is 35.1 Å². The fourth-order valence-corrected chi connectivity index (χ4v) is 5.94. The van der Waals surface area contributed by atoms with Gasteiger partial charge in [0.2, 0.25) is 0 Å². The van der Waals surface area contributed by atoms with Crippen molar-refractivity contribution in [2.75, 3.05) is 7.11 Å². The van der Waals surface area contributed by atoms with Crippen LogP contribution < -0.4 is 9.47 Å². The molecule has 6 atom stereocenters. The third-order valence-electron chi connectivity index (χ3n) is 7.69. The predicted molar refractivity (Wildman–Crippen MR) is 125 cm³/mol. The summed E-state index contributed by atoms with van der Waals surface area (Å²) in [7, 11) is 1.52. The molecule has 2 aromatic rings. The molecule has 9 nitrogen and oxygen atoms in total. The van der Waals surface area contributed by atoms with Gasteiger partial charge in [0, 0.05) is 12.1 Å². The number of amides is 2. The second-order valence-corrected chi connectivity index (χ2v) is 9.51. The highest BCUT2D eigenvalue weighted by molar-refractivity contribution is 6.06. The first-order valence-corrected chi connectivity index (χ1v) is 11.6. The van der Waals surface area contributed by atoms with Gasteiger partial charge in [-0.1, -0.05) is 12.2 Å². The van der Waals surface area contributed by atoms with Crippen molar-refractivity contribution in [1.29, 1.82) is 0 Å². The molecule has 5 aliphatic rings. The van der Waals surface area contributed by atoms with Gasteiger partial charge in [-0.15, -0.1) is 0 Å². The quantitative estimate of drug-likeness (QED) is 0.200. The maximum absolute atomic E-state index is 13.1. The van der Waals surface area contributed by atoms with Crippen molar-refractivity contribution in [3.8, 4) is 11.5 Å². The zero-order valence-electron chi connectivity index (χ0n) is 18.9. The number of carbonyl (C=O) groups is 2. The summed E-state index contributed by atoms with van der Waals surface area (Å²) < 4.78 is 11.3. The molecule has 7 rings (SSSR count). The second-order valence-electron chi connectivity index (χ2n) is 9.51. The Morgan fingerprint density at radius 2 is 1.69 bits per heavy atom. The largest absolute Gasteiger partial charge is 0.493 e. The number of nitro groups is 1. The standard InChI is InChI=1S/C26H23N3O6/c1-34-22-10-15(4-9-21(22)35-13-14-2-5-16(6-3-14)29(32)33)12-27-28-25(30)23-17-7-8-18(20-11-19(17)20)24(23)26(28)31/h2-10,12,17-20,23-24H,11,13H2,1H3/b27-12-/t17-,18-,19-,20+,23+,24+/m1/s1. The minimum Gasteiger partial charge on any atom is -0.493 e. The summed E-state index contributed by atoms with van der Waals surface area (Å²) in [4.78, 5) is 36.5. The summed E-state index contributed by atoms with van der Waals surface area (Å²) in [6.45, 7) is 0.208. The van der Waals surface area contributed by atoms with E-state index in [9.17, 15) is 19.7 Å². The molecular weight excluding hydrogens is 450 g/mol. The van der Waals surface area contributed by atoms with Crippen LogP contribution in [0.15, 0.2) is 59.7 Å². The summed E-state index contributed by atoms with van der Waals surface area (Å²) in [6.07, 6.45) is 6.89. The average molecular weight is 473 g/mol. The SMILES string of the molecule is COc1cc(/C=N\N2C(=O)[C@H]3[C@@H]4C=C[C@H]([C@@H]5C[C@H]45)[C@@H]3C2=O)ccc1OCc1ccc([N+](=O)[O-])cc1. The van der Waals surface area contributed by atoms with E-state index in [-0.39, 0.29) is 47.8 Å². The maximum atomic E-state index is 13.1. The van der Waals surface area contributed by atoms with Gasteiger partial charge in [0.15, 0.2) is 11.5 Å². The van der Waals surface area contributed by atoms with Crippen LogP contribution in [-0.2, 0) is 16.2 Å². The number of benzene rings is 2. The van der Waals surface area contributed by atoms with Crippen molar-refractivity contribution >= 4 is 23.7 Å². The number of hydrazone groups is 1. The Balaban J connectivity index is 1.15. The predicted octanol–water partition coefficient (Wildman–Crippen LogP) is 3.57. The first-order valence-electron chi connectivity index (χ1n) is 11.6. The van der Waals surface area contributed by atoms with Crippen LogP contribution in [0.25, 0.3) is 0 Å². The fourth-order valence-electron chi connectivity index (χ4n) is 5.94. The lowest BCUT2D eigenvalue weighted by molar-refractivity contribution is -0.384. The summed E-state index contributed by atoms with van der Waals surface area (Å²) in [6, 6.07) is 11.3. The molecule has 0 aromatic heterocycles. The highest BCUT2D eigenvalue weighted by Crippen LogP contribution is 2.65. The lowest BCUT2D eigenvalue weighted by Crippen LogP contribution is -2.40. The third-order valence-corrected chi connectivity index (χ3v) is 7.69. The van der Waals surface area contributed by atoms with Crippen LogP contribution in [0.4, 0.5) is 5.69 Å². The van der Waals surface area contributed by atoms with Crippen LogP contribution in [0, 0.1) is 45.6 Å². The van der Waals surface area contributed by atoms with Crippen molar-refractivity contribution in [2.45, 2.75) is 13.0 Å². The Hall–Kier alpha value is -4.01. The van der Waals surface area contributed by atoms with Gasteiger partial charge >= 0.3 is 0 Å². The molecular formula is C26H23N3O6. The Morgan fingerprint density at radius 1 is 1.03 bits per heavy atom. The molecule has 35 heavy (non-hydrogen) atoms. The van der Waals surface area contributed by atoms with E-state index in [0.29, 0.717) is 28.9 Å².